The second kappa shape index (κ2) is 51.1. The Morgan fingerprint density at radius 1 is 0.414 bits per heavy atom. The zero-order chi connectivity index (χ0) is 22.1. The van der Waals surface area contributed by atoms with Gasteiger partial charge in [0.15, 0.2) is 0 Å². The smallest absolute Gasteiger partial charge is 0.0739 e. The fourth-order valence-electron chi connectivity index (χ4n) is 2.72. The fraction of sp³-hybridized carbons (Fsp3) is 1.00. The molecule has 0 fully saturated rings. The molecule has 0 unspecified atom stereocenters. The predicted octanol–water partition coefficient (Wildman–Crippen LogP) is 2.49. The molecule has 29 heavy (non-hydrogen) atoms. The van der Waals surface area contributed by atoms with Crippen molar-refractivity contribution in [2.75, 3.05) is 26.4 Å². The van der Waals surface area contributed by atoms with Crippen molar-refractivity contribution in [3.63, 3.8) is 0 Å². The topological polar surface area (TPSA) is 88.3 Å². The van der Waals surface area contributed by atoms with Gasteiger partial charge >= 0.3 is 0 Å². The molecule has 0 heterocycles. The Morgan fingerprint density at radius 3 is 0.759 bits per heavy atom. The van der Waals surface area contributed by atoms with Crippen LogP contribution in [-0.4, -0.2) is 41.7 Å². The summed E-state index contributed by atoms with van der Waals surface area (Å²) in [6.07, 6.45) is 23.2. The molecule has 0 aliphatic carbocycles. The van der Waals surface area contributed by atoms with Crippen molar-refractivity contribution in [1.82, 2.24) is 0 Å². The van der Waals surface area contributed by atoms with Crippen LogP contribution >= 0.6 is 0 Å². The van der Waals surface area contributed by atoms with Gasteiger partial charge in [-0.1, -0.05) is 96.8 Å². The maximum Gasteiger partial charge on any atom is 0.0739 e. The van der Waals surface area contributed by atoms with Crippen LogP contribution in [0.5, 0.6) is 0 Å². The van der Waals surface area contributed by atoms with Crippen LogP contribution in [0.1, 0.15) is 130 Å². The molecule has 0 spiro atoms. The maximum absolute atomic E-state index is 7.57. The van der Waals surface area contributed by atoms with Gasteiger partial charge in [-0.05, 0) is 33.6 Å². The third-order valence-electron chi connectivity index (χ3n) is 4.10. The Morgan fingerprint density at radius 2 is 0.586 bits per heavy atom. The molecular weight excluding hydrogens is 386 g/mol. The van der Waals surface area contributed by atoms with E-state index < -0.39 is 0 Å². The molecule has 0 radical (unpaired) electrons. The molecule has 0 aliphatic rings. The second-order valence-electron chi connectivity index (χ2n) is 7.11. The van der Waals surface area contributed by atoms with E-state index in [2.05, 4.69) is 12.7 Å². The van der Waals surface area contributed by atoms with Gasteiger partial charge in [-0.15, -0.1) is 0 Å². The Labute approximate surface area is 190 Å². The molecule has 0 aliphatic heterocycles. The number of halogens is 1. The zero-order valence-electron chi connectivity index (χ0n) is 20.6. The number of aliphatic hydroxyl groups is 3. The zero-order valence-corrected chi connectivity index (χ0v) is 21.3. The molecule has 6 N–H and O–H groups in total. The first-order valence-corrected chi connectivity index (χ1v) is 12.3. The van der Waals surface area contributed by atoms with Gasteiger partial charge < -0.3 is 33.5 Å². The van der Waals surface area contributed by atoms with Gasteiger partial charge in [0.2, 0.25) is 0 Å². The molecule has 0 atom stereocenters. The number of aliphatic hydroxyl groups excluding tert-OH is 3. The third-order valence-corrected chi connectivity index (χ3v) is 4.10. The molecule has 4 nitrogen and oxygen atoms in total. The summed E-state index contributed by atoms with van der Waals surface area (Å²) in [7, 11) is 0. The van der Waals surface area contributed by atoms with Crippen LogP contribution in [0.15, 0.2) is 0 Å². The summed E-state index contributed by atoms with van der Waals surface area (Å²) in [5.41, 5.74) is 3.89. The summed E-state index contributed by atoms with van der Waals surface area (Å²) < 4.78 is 0. The van der Waals surface area contributed by atoms with Crippen molar-refractivity contribution in [2.45, 2.75) is 130 Å². The van der Waals surface area contributed by atoms with E-state index in [0.717, 1.165) is 6.54 Å². The lowest BCUT2D eigenvalue weighted by atomic mass is 10.0. The van der Waals surface area contributed by atoms with Crippen molar-refractivity contribution in [3.05, 3.63) is 0 Å². The highest BCUT2D eigenvalue weighted by Crippen LogP contribution is 2.13. The standard InChI is InChI=1S/C18H39N.3C2H6O.ClH/c1-2-3-4-5-6-7-8-9-10-11-12-13-14-15-16-17-18-19;3*1-2-3;/h2-19H2,1H3;3*3H,2H2,1H3;1H. The number of hydrogen-bond acceptors (Lipinski definition) is 3. The Bertz CT molecular complexity index is 178. The minimum atomic E-state index is 0. The van der Waals surface area contributed by atoms with Crippen LogP contribution in [0.3, 0.4) is 0 Å². The van der Waals surface area contributed by atoms with E-state index in [1.54, 1.807) is 20.8 Å². The predicted molar refractivity (Wildman–Crippen MR) is 126 cm³/mol. The minimum Gasteiger partial charge on any atom is -1.00 e. The van der Waals surface area contributed by atoms with E-state index >= 15 is 0 Å². The van der Waals surface area contributed by atoms with Crippen molar-refractivity contribution < 1.29 is 33.5 Å². The highest BCUT2D eigenvalue weighted by atomic mass is 35.5. The molecule has 0 saturated carbocycles. The number of quaternary nitrogens is 1. The van der Waals surface area contributed by atoms with Crippen molar-refractivity contribution in [1.29, 1.82) is 0 Å². The lowest BCUT2D eigenvalue weighted by Crippen LogP contribution is -3.00. The fourth-order valence-corrected chi connectivity index (χ4v) is 2.72. The van der Waals surface area contributed by atoms with Crippen LogP contribution < -0.4 is 18.1 Å². The molecule has 0 saturated heterocycles. The third kappa shape index (κ3) is 73.8. The van der Waals surface area contributed by atoms with Crippen LogP contribution in [-0.2, 0) is 0 Å². The van der Waals surface area contributed by atoms with E-state index in [0.29, 0.717) is 0 Å². The molecule has 184 valence electrons. The van der Waals surface area contributed by atoms with Crippen LogP contribution in [0, 0.1) is 0 Å². The SMILES string of the molecule is CCCCCCCCCCCCCCCCCC[NH3+].CCO.CCO.CCO.[Cl-]. The summed E-state index contributed by atoms with van der Waals surface area (Å²) in [5.74, 6) is 0. The largest absolute Gasteiger partial charge is 1.00 e. The van der Waals surface area contributed by atoms with E-state index in [1.165, 1.54) is 103 Å². The van der Waals surface area contributed by atoms with Gasteiger partial charge in [0.1, 0.15) is 0 Å². The van der Waals surface area contributed by atoms with Crippen molar-refractivity contribution >= 4 is 0 Å². The van der Waals surface area contributed by atoms with Gasteiger partial charge in [0.25, 0.3) is 0 Å². The molecular formula is C24H58ClNO3. The molecule has 0 aromatic rings. The van der Waals surface area contributed by atoms with Crippen LogP contribution in [0.25, 0.3) is 0 Å². The lowest BCUT2D eigenvalue weighted by Gasteiger charge is -2.03. The Kier molecular flexibility index (Phi) is 69.8. The maximum atomic E-state index is 7.57. The first-order valence-electron chi connectivity index (χ1n) is 12.3. The number of unbranched alkanes of at least 4 members (excludes halogenated alkanes) is 15. The number of rotatable bonds is 16. The molecule has 0 rings (SSSR count). The summed E-state index contributed by atoms with van der Waals surface area (Å²) in [4.78, 5) is 0. The summed E-state index contributed by atoms with van der Waals surface area (Å²) >= 11 is 0. The van der Waals surface area contributed by atoms with Gasteiger partial charge in [-0.3, -0.25) is 0 Å². The van der Waals surface area contributed by atoms with Crippen molar-refractivity contribution in [2.24, 2.45) is 0 Å². The Balaban J connectivity index is -0.000000162. The lowest BCUT2D eigenvalue weighted by molar-refractivity contribution is -0.368. The molecule has 5 heteroatoms. The Hall–Kier alpha value is 0.130. The highest BCUT2D eigenvalue weighted by molar-refractivity contribution is 4.49. The monoisotopic (exact) mass is 443 g/mol. The van der Waals surface area contributed by atoms with E-state index in [4.69, 9.17) is 15.3 Å². The first kappa shape index (κ1) is 39.6. The van der Waals surface area contributed by atoms with E-state index in [-0.39, 0.29) is 32.2 Å². The first-order chi connectivity index (χ1) is 13.7. The normalized spacial score (nSPS) is 9.10. The summed E-state index contributed by atoms with van der Waals surface area (Å²) in [6.45, 7) is 9.21. The van der Waals surface area contributed by atoms with Gasteiger partial charge in [0, 0.05) is 19.8 Å². The minimum absolute atomic E-state index is 0. The summed E-state index contributed by atoms with van der Waals surface area (Å²) in [6, 6.07) is 0. The summed E-state index contributed by atoms with van der Waals surface area (Å²) in [5, 5.41) is 22.7. The quantitative estimate of drug-likeness (QED) is 0.276. The van der Waals surface area contributed by atoms with Crippen LogP contribution in [0.4, 0.5) is 0 Å². The molecule has 0 aromatic carbocycles. The van der Waals surface area contributed by atoms with Gasteiger partial charge in [0.05, 0.1) is 6.54 Å². The molecule has 0 bridgehead atoms. The second-order valence-corrected chi connectivity index (χ2v) is 7.11. The molecule has 0 amide bonds. The van der Waals surface area contributed by atoms with E-state index in [1.807, 2.05) is 0 Å². The van der Waals surface area contributed by atoms with Crippen LogP contribution in [0.2, 0.25) is 0 Å². The average Bonchev–Trinajstić information content (AvgIpc) is 2.67. The van der Waals surface area contributed by atoms with Gasteiger partial charge in [-0.25, -0.2) is 0 Å². The van der Waals surface area contributed by atoms with Gasteiger partial charge in [-0.2, -0.15) is 0 Å². The highest BCUT2D eigenvalue weighted by Gasteiger charge is 1.94. The molecule has 0 aromatic heterocycles. The van der Waals surface area contributed by atoms with E-state index in [9.17, 15) is 0 Å². The van der Waals surface area contributed by atoms with Crippen molar-refractivity contribution in [3.8, 4) is 0 Å². The number of hydrogen-bond donors (Lipinski definition) is 4. The average molecular weight is 444 g/mol.